The van der Waals surface area contributed by atoms with Gasteiger partial charge in [-0.05, 0) is 43.5 Å². The molecule has 0 aliphatic carbocycles. The van der Waals surface area contributed by atoms with Crippen molar-refractivity contribution in [1.29, 1.82) is 5.26 Å². The standard InChI is InChI=1S/C17H23N5OS/c1-10(2)6-15(17(20)23)21-13-5-4-12(9-18)14(8-13)22-16(24)7-11(3)19/h4-5,7-8,10,15,21H,6,19H2,1-3H3,(H2,20,23)(H,22,24)/t15-/m1/s1. The van der Waals surface area contributed by atoms with Crippen LogP contribution < -0.4 is 22.1 Å². The average molecular weight is 345 g/mol. The number of nitrogens with two attached hydrogens (primary N) is 2. The zero-order valence-electron chi connectivity index (χ0n) is 14.1. The first-order valence-electron chi connectivity index (χ1n) is 7.57. The molecule has 0 saturated carbocycles. The van der Waals surface area contributed by atoms with Gasteiger partial charge in [-0.25, -0.2) is 0 Å². The largest absolute Gasteiger partial charge is 0.402 e. The molecule has 24 heavy (non-hydrogen) atoms. The van der Waals surface area contributed by atoms with Crippen LogP contribution in [0.5, 0.6) is 0 Å². The number of allylic oxidation sites excluding steroid dienone is 1. The third kappa shape index (κ3) is 6.26. The molecule has 0 aliphatic rings. The number of hydrogen-bond donors (Lipinski definition) is 4. The van der Waals surface area contributed by atoms with E-state index in [1.807, 2.05) is 13.8 Å². The first kappa shape index (κ1) is 19.5. The van der Waals surface area contributed by atoms with Gasteiger partial charge in [0.1, 0.15) is 17.1 Å². The van der Waals surface area contributed by atoms with E-state index in [0.717, 1.165) is 0 Å². The SMILES string of the molecule is CC(N)=CC(=S)Nc1cc(N[C@H](CC(C)C)C(N)=O)ccc1C#N. The number of hydrogen-bond acceptors (Lipinski definition) is 5. The van der Waals surface area contributed by atoms with Crippen LogP contribution in [0.1, 0.15) is 32.8 Å². The lowest BCUT2D eigenvalue weighted by molar-refractivity contribution is -0.119. The fourth-order valence-corrected chi connectivity index (χ4v) is 2.43. The summed E-state index contributed by atoms with van der Waals surface area (Å²) in [6, 6.07) is 6.72. The van der Waals surface area contributed by atoms with Crippen molar-refractivity contribution < 1.29 is 4.79 Å². The van der Waals surface area contributed by atoms with Gasteiger partial charge in [-0.2, -0.15) is 5.26 Å². The molecular formula is C17H23N5OS. The molecule has 128 valence electrons. The monoisotopic (exact) mass is 345 g/mol. The van der Waals surface area contributed by atoms with Crippen LogP contribution in [-0.4, -0.2) is 16.9 Å². The van der Waals surface area contributed by atoms with E-state index in [4.69, 9.17) is 23.7 Å². The highest BCUT2D eigenvalue weighted by atomic mass is 32.1. The van der Waals surface area contributed by atoms with Gasteiger partial charge in [0.25, 0.3) is 0 Å². The number of amides is 1. The van der Waals surface area contributed by atoms with Crippen LogP contribution in [0.3, 0.4) is 0 Å². The minimum atomic E-state index is -0.482. The molecule has 0 unspecified atom stereocenters. The Kier molecular flexibility index (Phi) is 7.21. The lowest BCUT2D eigenvalue weighted by atomic mass is 10.0. The first-order valence-corrected chi connectivity index (χ1v) is 7.98. The minimum absolute atomic E-state index is 0.316. The van der Waals surface area contributed by atoms with E-state index >= 15 is 0 Å². The molecule has 0 aromatic heterocycles. The number of thiocarbonyl (C=S) groups is 1. The maximum atomic E-state index is 11.6. The summed E-state index contributed by atoms with van der Waals surface area (Å²) in [6.07, 6.45) is 2.22. The fourth-order valence-electron chi connectivity index (χ4n) is 2.13. The van der Waals surface area contributed by atoms with Gasteiger partial charge in [0.05, 0.1) is 11.3 Å². The molecule has 0 radical (unpaired) electrons. The molecule has 1 rings (SSSR count). The van der Waals surface area contributed by atoms with Crippen molar-refractivity contribution in [3.8, 4) is 6.07 Å². The number of primary amides is 1. The highest BCUT2D eigenvalue weighted by molar-refractivity contribution is 7.81. The number of nitrogens with one attached hydrogen (secondary N) is 2. The fraction of sp³-hybridized carbons (Fsp3) is 0.353. The lowest BCUT2D eigenvalue weighted by Crippen LogP contribution is -2.36. The minimum Gasteiger partial charge on any atom is -0.402 e. The Morgan fingerprint density at radius 2 is 2.08 bits per heavy atom. The normalized spacial score (nSPS) is 12.4. The Bertz CT molecular complexity index is 687. The highest BCUT2D eigenvalue weighted by Gasteiger charge is 2.17. The van der Waals surface area contributed by atoms with Crippen molar-refractivity contribution in [3.63, 3.8) is 0 Å². The van der Waals surface area contributed by atoms with E-state index in [2.05, 4.69) is 16.7 Å². The average Bonchev–Trinajstić information content (AvgIpc) is 2.45. The molecule has 1 aromatic carbocycles. The van der Waals surface area contributed by atoms with E-state index in [9.17, 15) is 10.1 Å². The Morgan fingerprint density at radius 3 is 2.58 bits per heavy atom. The van der Waals surface area contributed by atoms with Crippen LogP contribution in [0.15, 0.2) is 30.0 Å². The van der Waals surface area contributed by atoms with E-state index in [1.54, 1.807) is 31.2 Å². The molecule has 0 saturated heterocycles. The molecule has 0 spiro atoms. The molecule has 1 amide bonds. The molecule has 0 heterocycles. The highest BCUT2D eigenvalue weighted by Crippen LogP contribution is 2.22. The maximum absolute atomic E-state index is 11.6. The van der Waals surface area contributed by atoms with Crippen molar-refractivity contribution in [1.82, 2.24) is 0 Å². The Balaban J connectivity index is 3.04. The van der Waals surface area contributed by atoms with Gasteiger partial charge in [0, 0.05) is 11.4 Å². The summed E-state index contributed by atoms with van der Waals surface area (Å²) in [6.45, 7) is 5.76. The number of benzene rings is 1. The summed E-state index contributed by atoms with van der Waals surface area (Å²) in [5.41, 5.74) is 13.3. The van der Waals surface area contributed by atoms with Crippen molar-refractivity contribution in [2.75, 3.05) is 10.6 Å². The van der Waals surface area contributed by atoms with E-state index in [-0.39, 0.29) is 0 Å². The Morgan fingerprint density at radius 1 is 1.42 bits per heavy atom. The third-order valence-electron chi connectivity index (χ3n) is 3.15. The van der Waals surface area contributed by atoms with E-state index in [1.165, 1.54) is 0 Å². The molecule has 6 N–H and O–H groups in total. The van der Waals surface area contributed by atoms with Crippen molar-refractivity contribution in [2.45, 2.75) is 33.2 Å². The maximum Gasteiger partial charge on any atom is 0.239 e. The Hall–Kier alpha value is -2.59. The molecule has 0 aliphatic heterocycles. The van der Waals surface area contributed by atoms with Crippen molar-refractivity contribution >= 4 is 34.5 Å². The summed E-state index contributed by atoms with van der Waals surface area (Å²) >= 11 is 5.18. The Labute approximate surface area is 147 Å². The molecule has 0 fully saturated rings. The van der Waals surface area contributed by atoms with Crippen molar-refractivity contribution in [3.05, 3.63) is 35.5 Å². The number of nitriles is 1. The third-order valence-corrected chi connectivity index (χ3v) is 3.37. The molecule has 6 nitrogen and oxygen atoms in total. The second kappa shape index (κ2) is 8.89. The van der Waals surface area contributed by atoms with Crippen LogP contribution in [0.2, 0.25) is 0 Å². The predicted octanol–water partition coefficient (Wildman–Crippen LogP) is 2.47. The summed E-state index contributed by atoms with van der Waals surface area (Å²) in [4.78, 5) is 12.0. The predicted molar refractivity (Wildman–Crippen MR) is 101 cm³/mol. The van der Waals surface area contributed by atoms with Gasteiger partial charge in [0.2, 0.25) is 5.91 Å². The smallest absolute Gasteiger partial charge is 0.239 e. The number of rotatable bonds is 7. The zero-order valence-corrected chi connectivity index (χ0v) is 14.9. The van der Waals surface area contributed by atoms with Gasteiger partial charge in [-0.15, -0.1) is 0 Å². The van der Waals surface area contributed by atoms with E-state index in [0.29, 0.717) is 40.0 Å². The summed E-state index contributed by atoms with van der Waals surface area (Å²) in [5, 5.41) is 15.3. The van der Waals surface area contributed by atoms with Gasteiger partial charge >= 0.3 is 0 Å². The summed E-state index contributed by atoms with van der Waals surface area (Å²) in [5.74, 6) is -0.101. The molecule has 7 heteroatoms. The van der Waals surface area contributed by atoms with E-state index < -0.39 is 11.9 Å². The van der Waals surface area contributed by atoms with Crippen LogP contribution in [0.25, 0.3) is 0 Å². The first-order chi connectivity index (χ1) is 11.2. The molecule has 1 aromatic rings. The second-order valence-electron chi connectivity index (χ2n) is 5.98. The van der Waals surface area contributed by atoms with Crippen LogP contribution >= 0.6 is 12.2 Å². The van der Waals surface area contributed by atoms with Crippen molar-refractivity contribution in [2.24, 2.45) is 17.4 Å². The summed E-state index contributed by atoms with van der Waals surface area (Å²) < 4.78 is 0. The van der Waals surface area contributed by atoms with Crippen LogP contribution in [-0.2, 0) is 4.79 Å². The zero-order chi connectivity index (χ0) is 18.3. The number of carbonyl (C=O) groups is 1. The second-order valence-corrected chi connectivity index (χ2v) is 6.42. The van der Waals surface area contributed by atoms with Gasteiger partial charge in [0.15, 0.2) is 0 Å². The number of carbonyl (C=O) groups excluding carboxylic acids is 1. The van der Waals surface area contributed by atoms with Crippen LogP contribution in [0.4, 0.5) is 11.4 Å². The molecular weight excluding hydrogens is 322 g/mol. The van der Waals surface area contributed by atoms with Gasteiger partial charge in [-0.1, -0.05) is 26.1 Å². The van der Waals surface area contributed by atoms with Gasteiger partial charge in [-0.3, -0.25) is 4.79 Å². The summed E-state index contributed by atoms with van der Waals surface area (Å²) in [7, 11) is 0. The lowest BCUT2D eigenvalue weighted by Gasteiger charge is -2.19. The van der Waals surface area contributed by atoms with Gasteiger partial charge < -0.3 is 22.1 Å². The molecule has 1 atom stereocenters. The number of anilines is 2. The molecule has 0 bridgehead atoms. The topological polar surface area (TPSA) is 117 Å². The quantitative estimate of drug-likeness (QED) is 0.445. The van der Waals surface area contributed by atoms with Crippen LogP contribution in [0, 0.1) is 17.2 Å². The number of nitrogens with zero attached hydrogens (tertiary/aromatic N) is 1.